The van der Waals surface area contributed by atoms with E-state index in [1.54, 1.807) is 0 Å². The lowest BCUT2D eigenvalue weighted by atomic mass is 10.2. The molecule has 1 rings (SSSR count). The third kappa shape index (κ3) is 1.18. The van der Waals surface area contributed by atoms with Gasteiger partial charge in [0, 0.05) is 6.54 Å². The van der Waals surface area contributed by atoms with Gasteiger partial charge in [-0.1, -0.05) is 0 Å². The summed E-state index contributed by atoms with van der Waals surface area (Å²) in [5.74, 6) is 0.0891. The van der Waals surface area contributed by atoms with Crippen LogP contribution in [0.4, 0.5) is 0 Å². The molecule has 0 saturated carbocycles. The second-order valence-electron chi connectivity index (χ2n) is 1.73. The van der Waals surface area contributed by atoms with Crippen LogP contribution in [0.3, 0.4) is 0 Å². The van der Waals surface area contributed by atoms with E-state index in [1.165, 1.54) is 0 Å². The van der Waals surface area contributed by atoms with Gasteiger partial charge in [0.05, 0.1) is 0 Å². The summed E-state index contributed by atoms with van der Waals surface area (Å²) >= 11 is 0. The second-order valence-corrected chi connectivity index (χ2v) is 1.73. The minimum atomic E-state index is 0.0891. The molecule has 0 radical (unpaired) electrons. The lowest BCUT2D eigenvalue weighted by Gasteiger charge is -2.13. The Hall–Kier alpha value is -0.530. The quantitative estimate of drug-likeness (QED) is 0.417. The van der Waals surface area contributed by atoms with Crippen molar-refractivity contribution in [2.45, 2.75) is 19.3 Å². The van der Waals surface area contributed by atoms with Crippen molar-refractivity contribution in [3.63, 3.8) is 0 Å². The molecule has 1 heterocycles. The lowest BCUT2D eigenvalue weighted by Crippen LogP contribution is -2.20. The molecule has 1 aliphatic rings. The predicted molar refractivity (Wildman–Crippen MR) is 26.2 cm³/mol. The molecule has 0 saturated heterocycles. The van der Waals surface area contributed by atoms with E-state index in [4.69, 9.17) is 0 Å². The van der Waals surface area contributed by atoms with E-state index in [-0.39, 0.29) is 5.90 Å². The summed E-state index contributed by atoms with van der Waals surface area (Å²) in [5, 5.41) is 10.3. The molecule has 40 valence electrons. The molecule has 0 N–H and O–H groups in total. The van der Waals surface area contributed by atoms with Crippen LogP contribution in [0, 0.1) is 0 Å². The van der Waals surface area contributed by atoms with Gasteiger partial charge in [0.15, 0.2) is 0 Å². The summed E-state index contributed by atoms with van der Waals surface area (Å²) in [7, 11) is 0. The topological polar surface area (TPSA) is 35.4 Å². The van der Waals surface area contributed by atoms with Gasteiger partial charge < -0.3 is 10.1 Å². The number of hydrogen-bond acceptors (Lipinski definition) is 2. The fourth-order valence-corrected chi connectivity index (χ4v) is 0.671. The highest BCUT2D eigenvalue weighted by molar-refractivity contribution is 5.71. The van der Waals surface area contributed by atoms with Gasteiger partial charge in [-0.05, 0) is 25.2 Å². The Morgan fingerprint density at radius 1 is 1.43 bits per heavy atom. The van der Waals surface area contributed by atoms with E-state index in [1.807, 2.05) is 0 Å². The monoisotopic (exact) mass is 98.1 g/mol. The van der Waals surface area contributed by atoms with Crippen LogP contribution in [0.1, 0.15) is 19.3 Å². The van der Waals surface area contributed by atoms with E-state index in [0.29, 0.717) is 6.42 Å². The zero-order valence-electron chi connectivity index (χ0n) is 4.18. The maximum Gasteiger partial charge on any atom is 0.0378 e. The molecular weight excluding hydrogens is 90.1 g/mol. The summed E-state index contributed by atoms with van der Waals surface area (Å²) in [6, 6.07) is 0. The zero-order valence-corrected chi connectivity index (χ0v) is 4.18. The molecule has 0 amide bonds. The molecule has 2 heteroatoms. The van der Waals surface area contributed by atoms with Crippen molar-refractivity contribution in [3.8, 4) is 0 Å². The Balaban J connectivity index is 2.40. The van der Waals surface area contributed by atoms with Gasteiger partial charge in [-0.25, -0.2) is 0 Å². The summed E-state index contributed by atoms with van der Waals surface area (Å²) in [4.78, 5) is 3.69. The fourth-order valence-electron chi connectivity index (χ4n) is 0.671. The van der Waals surface area contributed by atoms with Crippen LogP contribution in [0.2, 0.25) is 0 Å². The predicted octanol–water partition coefficient (Wildman–Crippen LogP) is -0.0709. The van der Waals surface area contributed by atoms with Crippen LogP contribution in [-0.4, -0.2) is 12.4 Å². The number of aliphatic imine (C=N–C) groups is 1. The van der Waals surface area contributed by atoms with Crippen LogP contribution < -0.4 is 5.11 Å². The maximum atomic E-state index is 10.3. The van der Waals surface area contributed by atoms with Gasteiger partial charge in [0.25, 0.3) is 0 Å². The van der Waals surface area contributed by atoms with Crippen LogP contribution in [0.15, 0.2) is 4.99 Å². The third-order valence-electron chi connectivity index (χ3n) is 1.09. The summed E-state index contributed by atoms with van der Waals surface area (Å²) in [6.45, 7) is 0.763. The standard InChI is InChI=1S/C5H9NO/c7-5-3-1-2-4-6-5/h1-4H2,(H,6,7)/p-1. The average molecular weight is 98.1 g/mol. The Morgan fingerprint density at radius 2 is 2.29 bits per heavy atom. The Bertz CT molecular complexity index is 88.1. The molecule has 0 aromatic rings. The van der Waals surface area contributed by atoms with Crippen molar-refractivity contribution in [3.05, 3.63) is 0 Å². The van der Waals surface area contributed by atoms with E-state index >= 15 is 0 Å². The minimum Gasteiger partial charge on any atom is -0.862 e. The first-order valence-corrected chi connectivity index (χ1v) is 2.60. The summed E-state index contributed by atoms with van der Waals surface area (Å²) < 4.78 is 0. The highest BCUT2D eigenvalue weighted by Gasteiger charge is 1.92. The van der Waals surface area contributed by atoms with E-state index in [0.717, 1.165) is 19.4 Å². The van der Waals surface area contributed by atoms with Gasteiger partial charge in [0.2, 0.25) is 0 Å². The van der Waals surface area contributed by atoms with Crippen LogP contribution in [0.5, 0.6) is 0 Å². The molecule has 0 aromatic heterocycles. The molecule has 2 nitrogen and oxygen atoms in total. The maximum absolute atomic E-state index is 10.3. The van der Waals surface area contributed by atoms with Gasteiger partial charge >= 0.3 is 0 Å². The van der Waals surface area contributed by atoms with Crippen molar-refractivity contribution in [1.29, 1.82) is 0 Å². The number of hydrogen-bond donors (Lipinski definition) is 0. The Kier molecular flexibility index (Phi) is 1.29. The van der Waals surface area contributed by atoms with Crippen molar-refractivity contribution >= 4 is 5.90 Å². The smallest absolute Gasteiger partial charge is 0.0378 e. The Labute approximate surface area is 42.9 Å². The fraction of sp³-hybridized carbons (Fsp3) is 0.800. The molecule has 0 aliphatic carbocycles. The first-order valence-electron chi connectivity index (χ1n) is 2.60. The Morgan fingerprint density at radius 3 is 2.57 bits per heavy atom. The molecule has 0 atom stereocenters. The summed E-state index contributed by atoms with van der Waals surface area (Å²) in [6.07, 6.45) is 2.83. The second kappa shape index (κ2) is 1.96. The van der Waals surface area contributed by atoms with Crippen molar-refractivity contribution in [1.82, 2.24) is 0 Å². The highest BCUT2D eigenvalue weighted by atomic mass is 16.3. The van der Waals surface area contributed by atoms with Gasteiger partial charge in [-0.3, -0.25) is 0 Å². The first-order chi connectivity index (χ1) is 3.39. The first kappa shape index (κ1) is 4.62. The van der Waals surface area contributed by atoms with Gasteiger partial charge in [-0.2, -0.15) is 0 Å². The van der Waals surface area contributed by atoms with Gasteiger partial charge in [-0.15, -0.1) is 0 Å². The van der Waals surface area contributed by atoms with Crippen molar-refractivity contribution in [2.24, 2.45) is 4.99 Å². The van der Waals surface area contributed by atoms with E-state index in [9.17, 15) is 5.11 Å². The normalized spacial score (nSPS) is 21.4. The average Bonchev–Trinajstić information content (AvgIpc) is 1.69. The minimum absolute atomic E-state index is 0.0891. The lowest BCUT2D eigenvalue weighted by molar-refractivity contribution is -0.219. The van der Waals surface area contributed by atoms with Crippen LogP contribution in [0.25, 0.3) is 0 Å². The molecule has 0 spiro atoms. The highest BCUT2D eigenvalue weighted by Crippen LogP contribution is 2.00. The molecule has 7 heavy (non-hydrogen) atoms. The van der Waals surface area contributed by atoms with Crippen molar-refractivity contribution < 1.29 is 5.11 Å². The third-order valence-corrected chi connectivity index (χ3v) is 1.09. The zero-order chi connectivity index (χ0) is 5.11. The van der Waals surface area contributed by atoms with E-state index < -0.39 is 0 Å². The SMILES string of the molecule is [O-]C1=NCCCC1. The molecule has 0 fully saturated rings. The molecule has 0 unspecified atom stereocenters. The van der Waals surface area contributed by atoms with E-state index in [2.05, 4.69) is 4.99 Å². The molecule has 1 aliphatic heterocycles. The van der Waals surface area contributed by atoms with Crippen molar-refractivity contribution in [2.75, 3.05) is 6.54 Å². The molecule has 0 bridgehead atoms. The van der Waals surface area contributed by atoms with Crippen LogP contribution in [-0.2, 0) is 0 Å². The van der Waals surface area contributed by atoms with Gasteiger partial charge in [0.1, 0.15) is 0 Å². The molecular formula is C5H8NO-. The largest absolute Gasteiger partial charge is 0.862 e. The molecule has 0 aromatic carbocycles. The number of nitrogens with zero attached hydrogens (tertiary/aromatic N) is 1. The van der Waals surface area contributed by atoms with Crippen LogP contribution >= 0.6 is 0 Å². The number of rotatable bonds is 0. The summed E-state index contributed by atoms with van der Waals surface area (Å²) in [5.41, 5.74) is 0.